The summed E-state index contributed by atoms with van der Waals surface area (Å²) in [7, 11) is 0. The molecule has 3 aromatic heterocycles. The number of anilines is 1. The monoisotopic (exact) mass is 413 g/mol. The Hall–Kier alpha value is -2.67. The van der Waals surface area contributed by atoms with Crippen LogP contribution in [-0.4, -0.2) is 37.1 Å². The van der Waals surface area contributed by atoms with E-state index in [4.69, 9.17) is 21.6 Å². The lowest BCUT2D eigenvalue weighted by molar-refractivity contribution is -0.137. The molecule has 0 aromatic carbocycles. The second kappa shape index (κ2) is 7.30. The minimum atomic E-state index is -0.833. The lowest BCUT2D eigenvalue weighted by Gasteiger charge is -2.31. The molecule has 8 heteroatoms. The van der Waals surface area contributed by atoms with Crippen molar-refractivity contribution in [3.63, 3.8) is 0 Å². The van der Waals surface area contributed by atoms with Gasteiger partial charge in [0.05, 0.1) is 11.4 Å². The maximum absolute atomic E-state index is 11.4. The number of rotatable bonds is 5. The minimum absolute atomic E-state index is 0.0181. The van der Waals surface area contributed by atoms with E-state index in [2.05, 4.69) is 15.3 Å². The van der Waals surface area contributed by atoms with Gasteiger partial charge < -0.3 is 15.4 Å². The van der Waals surface area contributed by atoms with E-state index in [9.17, 15) is 9.90 Å². The number of H-pyrrole nitrogens is 1. The summed E-state index contributed by atoms with van der Waals surface area (Å²) in [5, 5.41) is 14.2. The van der Waals surface area contributed by atoms with Crippen LogP contribution in [0.2, 0.25) is 5.02 Å². The third-order valence-corrected chi connectivity index (χ3v) is 5.61. The molecular weight excluding hydrogens is 390 g/mol. The Balaban J connectivity index is 1.80. The van der Waals surface area contributed by atoms with Gasteiger partial charge in [0.1, 0.15) is 11.5 Å². The SMILES string of the molecule is CC(C)(C)[C@@H](CC(=O)O)Nc1nc(-c2c[nH]c3ncc(Cl)cc23)nc2c1CCC2. The number of carboxylic acid groups (broad SMARTS) is 1. The molecule has 1 aliphatic carbocycles. The molecule has 4 rings (SSSR count). The molecule has 0 radical (unpaired) electrons. The number of aryl methyl sites for hydroxylation is 1. The number of carboxylic acids is 1. The van der Waals surface area contributed by atoms with Gasteiger partial charge in [-0.25, -0.2) is 15.0 Å². The van der Waals surface area contributed by atoms with E-state index in [1.807, 2.05) is 33.0 Å². The van der Waals surface area contributed by atoms with Crippen LogP contribution in [-0.2, 0) is 17.6 Å². The van der Waals surface area contributed by atoms with Crippen molar-refractivity contribution >= 4 is 34.4 Å². The molecule has 0 aliphatic heterocycles. The topological polar surface area (TPSA) is 104 Å². The molecule has 0 saturated heterocycles. The Bertz CT molecular complexity index is 1090. The molecular formula is C21H24ClN5O2. The number of aliphatic carboxylic acids is 1. The van der Waals surface area contributed by atoms with Gasteiger partial charge in [0.15, 0.2) is 5.82 Å². The zero-order chi connectivity index (χ0) is 20.8. The van der Waals surface area contributed by atoms with Crippen LogP contribution in [0.4, 0.5) is 5.82 Å². The van der Waals surface area contributed by atoms with Crippen LogP contribution in [0.5, 0.6) is 0 Å². The molecule has 0 fully saturated rings. The van der Waals surface area contributed by atoms with Crippen molar-refractivity contribution < 1.29 is 9.90 Å². The van der Waals surface area contributed by atoms with Crippen LogP contribution in [0.1, 0.15) is 44.9 Å². The molecule has 0 bridgehead atoms. The number of pyridine rings is 1. The quantitative estimate of drug-likeness (QED) is 0.570. The third kappa shape index (κ3) is 3.92. The Morgan fingerprint density at radius 1 is 1.34 bits per heavy atom. The van der Waals surface area contributed by atoms with Crippen molar-refractivity contribution in [2.45, 2.75) is 52.5 Å². The zero-order valence-corrected chi connectivity index (χ0v) is 17.5. The largest absolute Gasteiger partial charge is 0.481 e. The Kier molecular flexibility index (Phi) is 4.94. The number of fused-ring (bicyclic) bond motifs is 2. The first-order valence-corrected chi connectivity index (χ1v) is 10.1. The Morgan fingerprint density at radius 3 is 2.86 bits per heavy atom. The first kappa shape index (κ1) is 19.6. The summed E-state index contributed by atoms with van der Waals surface area (Å²) in [6, 6.07) is 1.59. The minimum Gasteiger partial charge on any atom is -0.481 e. The van der Waals surface area contributed by atoms with E-state index in [-0.39, 0.29) is 17.9 Å². The summed E-state index contributed by atoms with van der Waals surface area (Å²) < 4.78 is 0. The average Bonchev–Trinajstić information content (AvgIpc) is 3.26. The number of nitrogens with zero attached hydrogens (tertiary/aromatic N) is 3. The van der Waals surface area contributed by atoms with Crippen molar-refractivity contribution in [1.29, 1.82) is 0 Å². The zero-order valence-electron chi connectivity index (χ0n) is 16.7. The van der Waals surface area contributed by atoms with Gasteiger partial charge in [0.25, 0.3) is 0 Å². The highest BCUT2D eigenvalue weighted by molar-refractivity contribution is 6.31. The molecule has 3 aromatic rings. The summed E-state index contributed by atoms with van der Waals surface area (Å²) in [6.45, 7) is 6.09. The molecule has 1 aliphatic rings. The van der Waals surface area contributed by atoms with Crippen LogP contribution in [0.3, 0.4) is 0 Å². The first-order valence-electron chi connectivity index (χ1n) is 9.73. The summed E-state index contributed by atoms with van der Waals surface area (Å²) in [6.07, 6.45) is 6.25. The van der Waals surface area contributed by atoms with E-state index >= 15 is 0 Å². The highest BCUT2D eigenvalue weighted by atomic mass is 35.5. The van der Waals surface area contributed by atoms with E-state index < -0.39 is 5.97 Å². The van der Waals surface area contributed by atoms with Gasteiger partial charge in [0, 0.05) is 40.6 Å². The normalized spacial score (nSPS) is 14.8. The molecule has 29 heavy (non-hydrogen) atoms. The number of hydrogen-bond acceptors (Lipinski definition) is 5. The van der Waals surface area contributed by atoms with Gasteiger partial charge in [0.2, 0.25) is 0 Å². The van der Waals surface area contributed by atoms with Gasteiger partial charge in [-0.3, -0.25) is 4.79 Å². The van der Waals surface area contributed by atoms with Gasteiger partial charge in [-0.2, -0.15) is 0 Å². The molecule has 0 amide bonds. The first-order chi connectivity index (χ1) is 13.7. The van der Waals surface area contributed by atoms with Gasteiger partial charge in [-0.05, 0) is 30.7 Å². The maximum Gasteiger partial charge on any atom is 0.305 e. The summed E-state index contributed by atoms with van der Waals surface area (Å²) >= 11 is 6.14. The molecule has 0 spiro atoms. The van der Waals surface area contributed by atoms with Crippen LogP contribution < -0.4 is 5.32 Å². The molecule has 152 valence electrons. The lowest BCUT2D eigenvalue weighted by Crippen LogP contribution is -2.36. The third-order valence-electron chi connectivity index (χ3n) is 5.41. The Morgan fingerprint density at radius 2 is 2.14 bits per heavy atom. The highest BCUT2D eigenvalue weighted by Crippen LogP contribution is 2.34. The predicted molar refractivity (Wildman–Crippen MR) is 113 cm³/mol. The van der Waals surface area contributed by atoms with Crippen LogP contribution in [0, 0.1) is 5.41 Å². The Labute approximate surface area is 173 Å². The molecule has 7 nitrogen and oxygen atoms in total. The number of nitrogens with one attached hydrogen (secondary N) is 2. The van der Waals surface area contributed by atoms with Crippen molar-refractivity contribution in [3.8, 4) is 11.4 Å². The standard InChI is InChI=1S/C21H24ClN5O2/c1-21(2,3)16(8-17(28)29)26-19-12-5-4-6-15(12)25-20(27-19)14-10-24-18-13(14)7-11(22)9-23-18/h7,9-10,16H,4-6,8H2,1-3H3,(H,23,24)(H,28,29)(H,25,26,27)/t16-/m1/s1. The number of carbonyl (C=O) groups is 1. The van der Waals surface area contributed by atoms with Gasteiger partial charge in [-0.15, -0.1) is 0 Å². The van der Waals surface area contributed by atoms with Gasteiger partial charge in [-0.1, -0.05) is 32.4 Å². The van der Waals surface area contributed by atoms with Crippen molar-refractivity contribution in [2.24, 2.45) is 5.41 Å². The average molecular weight is 414 g/mol. The van der Waals surface area contributed by atoms with E-state index in [0.29, 0.717) is 10.8 Å². The molecule has 0 unspecified atom stereocenters. The smallest absolute Gasteiger partial charge is 0.305 e. The molecule has 3 heterocycles. The molecule has 0 saturated carbocycles. The number of aromatic nitrogens is 4. The summed E-state index contributed by atoms with van der Waals surface area (Å²) in [4.78, 5) is 28.5. The second-order valence-electron chi connectivity index (χ2n) is 8.59. The highest BCUT2D eigenvalue weighted by Gasteiger charge is 2.30. The van der Waals surface area contributed by atoms with Crippen LogP contribution in [0.15, 0.2) is 18.5 Å². The summed E-state index contributed by atoms with van der Waals surface area (Å²) in [5.74, 6) is 0.486. The maximum atomic E-state index is 11.4. The van der Waals surface area contributed by atoms with Crippen LogP contribution >= 0.6 is 11.6 Å². The fourth-order valence-electron chi connectivity index (χ4n) is 3.75. The second-order valence-corrected chi connectivity index (χ2v) is 9.02. The van der Waals surface area contributed by atoms with E-state index in [0.717, 1.165) is 52.9 Å². The van der Waals surface area contributed by atoms with Crippen LogP contribution in [0.25, 0.3) is 22.4 Å². The fourth-order valence-corrected chi connectivity index (χ4v) is 3.91. The van der Waals surface area contributed by atoms with Crippen molar-refractivity contribution in [2.75, 3.05) is 5.32 Å². The molecule has 1 atom stereocenters. The van der Waals surface area contributed by atoms with Gasteiger partial charge >= 0.3 is 5.97 Å². The van der Waals surface area contributed by atoms with Crippen molar-refractivity contribution in [3.05, 3.63) is 34.7 Å². The fraction of sp³-hybridized carbons (Fsp3) is 0.429. The number of aromatic amines is 1. The number of halogens is 1. The molecule has 3 N–H and O–H groups in total. The lowest BCUT2D eigenvalue weighted by atomic mass is 9.84. The number of hydrogen-bond donors (Lipinski definition) is 3. The predicted octanol–water partition coefficient (Wildman–Crippen LogP) is 4.46. The van der Waals surface area contributed by atoms with E-state index in [1.54, 1.807) is 6.20 Å². The van der Waals surface area contributed by atoms with E-state index in [1.165, 1.54) is 0 Å². The summed E-state index contributed by atoms with van der Waals surface area (Å²) in [5.41, 5.74) is 3.42. The van der Waals surface area contributed by atoms with Crippen molar-refractivity contribution in [1.82, 2.24) is 19.9 Å².